The quantitative estimate of drug-likeness (QED) is 0.708. The summed E-state index contributed by atoms with van der Waals surface area (Å²) in [5.74, 6) is 0. The topological polar surface area (TPSA) is 49.8 Å². The van der Waals surface area contributed by atoms with Crippen molar-refractivity contribution in [3.05, 3.63) is 0 Å². The van der Waals surface area contributed by atoms with E-state index in [2.05, 4.69) is 0 Å². The molecule has 0 bridgehead atoms. The highest BCUT2D eigenvalue weighted by atomic mass is 19.1. The molecule has 1 atom stereocenters. The predicted molar refractivity (Wildman–Crippen MR) is 44.1 cm³/mol. The van der Waals surface area contributed by atoms with Crippen molar-refractivity contribution in [2.75, 3.05) is 19.8 Å². The van der Waals surface area contributed by atoms with Gasteiger partial charge in [-0.05, 0) is 13.8 Å². The molecule has 4 nitrogen and oxygen atoms in total. The van der Waals surface area contributed by atoms with E-state index in [4.69, 9.17) is 9.84 Å². The Labute approximate surface area is 76.3 Å². The Morgan fingerprint density at radius 1 is 1.77 bits per heavy atom. The maximum Gasteiger partial charge on any atom is 0.410 e. The van der Waals surface area contributed by atoms with E-state index < -0.39 is 24.5 Å². The van der Waals surface area contributed by atoms with Crippen LogP contribution in [0.3, 0.4) is 0 Å². The molecule has 76 valence electrons. The number of cyclic esters (lactones) is 1. The van der Waals surface area contributed by atoms with Crippen LogP contribution in [0.15, 0.2) is 0 Å². The fourth-order valence-electron chi connectivity index (χ4n) is 1.30. The predicted octanol–water partition coefficient (Wildman–Crippen LogP) is 0.548. The molecule has 1 aliphatic rings. The molecule has 1 saturated heterocycles. The number of aliphatic hydroxyl groups excluding tert-OH is 1. The van der Waals surface area contributed by atoms with Gasteiger partial charge in [-0.25, -0.2) is 9.18 Å². The lowest BCUT2D eigenvalue weighted by molar-refractivity contribution is 0.0828. The van der Waals surface area contributed by atoms with Crippen LogP contribution in [0, 0.1) is 0 Å². The molecular weight excluding hydrogens is 177 g/mol. The highest BCUT2D eigenvalue weighted by Crippen LogP contribution is 2.21. The van der Waals surface area contributed by atoms with Crippen molar-refractivity contribution in [2.45, 2.75) is 25.6 Å². The monoisotopic (exact) mass is 191 g/mol. The molecule has 1 N–H and O–H groups in total. The van der Waals surface area contributed by atoms with E-state index >= 15 is 0 Å². The largest absolute Gasteiger partial charge is 0.441 e. The number of aliphatic hydroxyl groups is 1. The number of nitrogens with zero attached hydrogens (tertiary/aromatic N) is 1. The highest BCUT2D eigenvalue weighted by Gasteiger charge is 2.37. The van der Waals surface area contributed by atoms with Crippen molar-refractivity contribution >= 4 is 6.09 Å². The minimum Gasteiger partial charge on any atom is -0.441 e. The summed E-state index contributed by atoms with van der Waals surface area (Å²) in [6.07, 6.45) is -1.60. The molecule has 0 aromatic rings. The summed E-state index contributed by atoms with van der Waals surface area (Å²) in [5.41, 5.74) is -0.535. The van der Waals surface area contributed by atoms with Crippen molar-refractivity contribution in [2.24, 2.45) is 0 Å². The van der Waals surface area contributed by atoms with Gasteiger partial charge in [-0.1, -0.05) is 0 Å². The third-order valence-corrected chi connectivity index (χ3v) is 1.80. The van der Waals surface area contributed by atoms with E-state index in [1.807, 2.05) is 0 Å². The standard InChI is InChI=1S/C8H14FNO3/c1-8(2)5-10(7(12)13-8)4-6(11)3-9/h6,11H,3-5H2,1-2H3. The number of carbonyl (C=O) groups is 1. The van der Waals surface area contributed by atoms with E-state index in [1.165, 1.54) is 4.90 Å². The second kappa shape index (κ2) is 3.49. The number of ether oxygens (including phenoxy) is 1. The average Bonchev–Trinajstić information content (AvgIpc) is 2.24. The zero-order valence-corrected chi connectivity index (χ0v) is 7.79. The van der Waals surface area contributed by atoms with Crippen molar-refractivity contribution < 1.29 is 19.0 Å². The number of carbonyl (C=O) groups excluding carboxylic acids is 1. The summed E-state index contributed by atoms with van der Waals surface area (Å²) in [4.78, 5) is 12.4. The fraction of sp³-hybridized carbons (Fsp3) is 0.875. The second-order valence-electron chi connectivity index (χ2n) is 3.82. The van der Waals surface area contributed by atoms with E-state index in [-0.39, 0.29) is 6.54 Å². The van der Waals surface area contributed by atoms with Crippen molar-refractivity contribution in [1.29, 1.82) is 0 Å². The summed E-state index contributed by atoms with van der Waals surface area (Å²) >= 11 is 0. The molecule has 1 heterocycles. The Morgan fingerprint density at radius 2 is 2.38 bits per heavy atom. The van der Waals surface area contributed by atoms with Crippen LogP contribution in [0.4, 0.5) is 9.18 Å². The Kier molecular flexibility index (Phi) is 2.75. The summed E-state index contributed by atoms with van der Waals surface area (Å²) in [6.45, 7) is 3.09. The normalized spacial score (nSPS) is 23.1. The lowest BCUT2D eigenvalue weighted by atomic mass is 10.1. The molecule has 1 rings (SSSR count). The molecule has 1 amide bonds. The van der Waals surface area contributed by atoms with Gasteiger partial charge >= 0.3 is 6.09 Å². The average molecular weight is 191 g/mol. The highest BCUT2D eigenvalue weighted by molar-refractivity contribution is 5.70. The van der Waals surface area contributed by atoms with Crippen LogP contribution < -0.4 is 0 Å². The Hall–Kier alpha value is -0.840. The van der Waals surface area contributed by atoms with Gasteiger partial charge in [0.15, 0.2) is 0 Å². The van der Waals surface area contributed by atoms with Gasteiger partial charge in [0, 0.05) is 0 Å². The molecule has 13 heavy (non-hydrogen) atoms. The van der Waals surface area contributed by atoms with Gasteiger partial charge in [-0.3, -0.25) is 0 Å². The summed E-state index contributed by atoms with van der Waals surface area (Å²) in [6, 6.07) is 0. The lowest BCUT2D eigenvalue weighted by Gasteiger charge is -2.17. The first-order valence-electron chi connectivity index (χ1n) is 4.16. The first-order valence-corrected chi connectivity index (χ1v) is 4.16. The number of hydrogen-bond acceptors (Lipinski definition) is 3. The Bertz CT molecular complexity index is 208. The third kappa shape index (κ3) is 2.55. The molecule has 1 fully saturated rings. The van der Waals surface area contributed by atoms with E-state index in [1.54, 1.807) is 13.8 Å². The van der Waals surface area contributed by atoms with Gasteiger partial charge in [0.05, 0.1) is 19.2 Å². The van der Waals surface area contributed by atoms with E-state index in [0.717, 1.165) is 0 Å². The van der Waals surface area contributed by atoms with Crippen molar-refractivity contribution in [3.63, 3.8) is 0 Å². The van der Waals surface area contributed by atoms with Crippen LogP contribution in [0.2, 0.25) is 0 Å². The van der Waals surface area contributed by atoms with E-state index in [0.29, 0.717) is 6.54 Å². The number of alkyl halides is 1. The number of halogens is 1. The summed E-state index contributed by atoms with van der Waals surface area (Å²) < 4.78 is 16.9. The maximum atomic E-state index is 11.9. The van der Waals surface area contributed by atoms with Crippen molar-refractivity contribution in [3.8, 4) is 0 Å². The number of hydrogen-bond donors (Lipinski definition) is 1. The van der Waals surface area contributed by atoms with Crippen LogP contribution in [0.25, 0.3) is 0 Å². The second-order valence-corrected chi connectivity index (χ2v) is 3.82. The smallest absolute Gasteiger partial charge is 0.410 e. The third-order valence-electron chi connectivity index (χ3n) is 1.80. The fourth-order valence-corrected chi connectivity index (χ4v) is 1.30. The molecule has 0 aliphatic carbocycles. The minimum absolute atomic E-state index is 0.00123. The van der Waals surface area contributed by atoms with Crippen LogP contribution in [-0.2, 0) is 4.74 Å². The Morgan fingerprint density at radius 3 is 2.77 bits per heavy atom. The number of rotatable bonds is 3. The molecular formula is C8H14FNO3. The maximum absolute atomic E-state index is 11.9. The van der Waals surface area contributed by atoms with E-state index in [9.17, 15) is 9.18 Å². The van der Waals surface area contributed by atoms with Gasteiger partial charge in [0.1, 0.15) is 12.3 Å². The minimum atomic E-state index is -1.11. The molecule has 0 spiro atoms. The van der Waals surface area contributed by atoms with Crippen LogP contribution >= 0.6 is 0 Å². The van der Waals surface area contributed by atoms with Crippen LogP contribution in [0.5, 0.6) is 0 Å². The van der Waals surface area contributed by atoms with Gasteiger partial charge in [0.2, 0.25) is 0 Å². The molecule has 0 saturated carbocycles. The van der Waals surface area contributed by atoms with Gasteiger partial charge < -0.3 is 14.7 Å². The first-order chi connectivity index (χ1) is 5.94. The lowest BCUT2D eigenvalue weighted by Crippen LogP contribution is -2.35. The number of β-amino-alcohol motifs (C(OH)–C–C–N with tert-alkyl or cyclic N) is 1. The molecule has 0 aromatic heterocycles. The first kappa shape index (κ1) is 10.2. The van der Waals surface area contributed by atoms with Crippen LogP contribution in [-0.4, -0.2) is 47.6 Å². The molecule has 1 aliphatic heterocycles. The van der Waals surface area contributed by atoms with Crippen LogP contribution in [0.1, 0.15) is 13.8 Å². The Balaban J connectivity index is 2.49. The molecule has 1 unspecified atom stereocenters. The zero-order valence-electron chi connectivity index (χ0n) is 7.79. The molecule has 0 radical (unpaired) electrons. The summed E-state index contributed by atoms with van der Waals surface area (Å²) in [5, 5.41) is 8.98. The zero-order chi connectivity index (χ0) is 10.1. The summed E-state index contributed by atoms with van der Waals surface area (Å²) in [7, 11) is 0. The SMILES string of the molecule is CC1(C)CN(CC(O)CF)C(=O)O1. The molecule has 5 heteroatoms. The van der Waals surface area contributed by atoms with Gasteiger partial charge in [-0.2, -0.15) is 0 Å². The van der Waals surface area contributed by atoms with Gasteiger partial charge in [-0.15, -0.1) is 0 Å². The number of amides is 1. The van der Waals surface area contributed by atoms with Gasteiger partial charge in [0.25, 0.3) is 0 Å². The molecule has 0 aromatic carbocycles. The van der Waals surface area contributed by atoms with Crippen molar-refractivity contribution in [1.82, 2.24) is 4.90 Å².